The molecule has 0 aliphatic heterocycles. The smallest absolute Gasteiger partial charge is 0.141 e. The normalized spacial score (nSPS) is 12.2. The lowest BCUT2D eigenvalue weighted by molar-refractivity contribution is 0.663. The third kappa shape index (κ3) is 2.68. The Hall–Kier alpha value is -1.58. The van der Waals surface area contributed by atoms with E-state index < -0.39 is 0 Å². The molecule has 1 rings (SSSR count). The van der Waals surface area contributed by atoms with Gasteiger partial charge >= 0.3 is 0 Å². The van der Waals surface area contributed by atoms with E-state index in [0.29, 0.717) is 11.7 Å². The lowest BCUT2D eigenvalue weighted by atomic mass is 10.2. The van der Waals surface area contributed by atoms with Crippen molar-refractivity contribution >= 4 is 11.5 Å². The summed E-state index contributed by atoms with van der Waals surface area (Å²) >= 11 is 0. The summed E-state index contributed by atoms with van der Waals surface area (Å²) in [5.41, 5.74) is 6.97. The molecule has 0 aromatic carbocycles. The highest BCUT2D eigenvalue weighted by molar-refractivity contribution is 5.93. The highest BCUT2D eigenvalue weighted by Crippen LogP contribution is 2.16. The van der Waals surface area contributed by atoms with Crippen molar-refractivity contribution in [1.29, 1.82) is 5.41 Å². The highest BCUT2D eigenvalue weighted by Gasteiger charge is 2.09. The molecule has 0 saturated heterocycles. The number of hydrogen-bond acceptors (Lipinski definition) is 3. The van der Waals surface area contributed by atoms with Gasteiger partial charge in [0.25, 0.3) is 0 Å². The van der Waals surface area contributed by atoms with E-state index in [1.54, 1.807) is 6.20 Å². The summed E-state index contributed by atoms with van der Waals surface area (Å²) < 4.78 is 0. The Balaban J connectivity index is 2.94. The maximum atomic E-state index is 7.32. The molecule has 0 saturated carbocycles. The number of nitrogens with two attached hydrogens (primary N) is 1. The molecule has 1 atom stereocenters. The quantitative estimate of drug-likeness (QED) is 0.581. The number of nitrogen functional groups attached to an aromatic ring is 1. The van der Waals surface area contributed by atoms with Gasteiger partial charge in [0.1, 0.15) is 11.5 Å². The van der Waals surface area contributed by atoms with Crippen LogP contribution in [0.15, 0.2) is 18.3 Å². The monoisotopic (exact) mass is 206 g/mol. The summed E-state index contributed by atoms with van der Waals surface area (Å²) in [7, 11) is 2.04. The average molecular weight is 206 g/mol. The van der Waals surface area contributed by atoms with Crippen molar-refractivity contribution in [3.63, 3.8) is 0 Å². The molecular formula is C11H18N4. The molecule has 1 heterocycles. The minimum absolute atomic E-state index is 0.00871. The molecule has 0 aliphatic carbocycles. The molecule has 15 heavy (non-hydrogen) atoms. The lowest BCUT2D eigenvalue weighted by Crippen LogP contribution is -2.28. The van der Waals surface area contributed by atoms with Crippen LogP contribution in [0.4, 0.5) is 5.69 Å². The minimum Gasteiger partial charge on any atom is -0.382 e. The van der Waals surface area contributed by atoms with Gasteiger partial charge in [-0.25, -0.2) is 0 Å². The second kappa shape index (κ2) is 4.77. The minimum atomic E-state index is 0.00871. The Morgan fingerprint density at radius 3 is 2.87 bits per heavy atom. The number of aromatic nitrogens is 1. The summed E-state index contributed by atoms with van der Waals surface area (Å²) in [6.45, 7) is 4.31. The lowest BCUT2D eigenvalue weighted by Gasteiger charge is -2.26. The Morgan fingerprint density at radius 1 is 1.67 bits per heavy atom. The van der Waals surface area contributed by atoms with Gasteiger partial charge in [-0.15, -0.1) is 0 Å². The van der Waals surface area contributed by atoms with Crippen LogP contribution in [0.1, 0.15) is 26.0 Å². The summed E-state index contributed by atoms with van der Waals surface area (Å²) in [5.74, 6) is 0.00871. The Kier molecular flexibility index (Phi) is 3.66. The van der Waals surface area contributed by atoms with Crippen molar-refractivity contribution in [2.75, 3.05) is 11.9 Å². The van der Waals surface area contributed by atoms with Crippen molar-refractivity contribution in [2.45, 2.75) is 26.3 Å². The summed E-state index contributed by atoms with van der Waals surface area (Å²) in [4.78, 5) is 6.19. The first-order chi connectivity index (χ1) is 7.06. The number of nitrogens with zero attached hydrogens (tertiary/aromatic N) is 2. The average Bonchev–Trinajstić information content (AvgIpc) is 2.27. The molecule has 0 amide bonds. The fourth-order valence-corrected chi connectivity index (χ4v) is 1.31. The molecule has 0 bridgehead atoms. The summed E-state index contributed by atoms with van der Waals surface area (Å²) in [5, 5.41) is 7.32. The third-order valence-corrected chi connectivity index (χ3v) is 2.68. The van der Waals surface area contributed by atoms with E-state index >= 15 is 0 Å². The molecule has 1 unspecified atom stereocenters. The van der Waals surface area contributed by atoms with Crippen molar-refractivity contribution in [1.82, 2.24) is 4.98 Å². The molecule has 3 N–H and O–H groups in total. The van der Waals surface area contributed by atoms with Gasteiger partial charge in [-0.1, -0.05) is 6.92 Å². The van der Waals surface area contributed by atoms with Gasteiger partial charge in [-0.2, -0.15) is 0 Å². The molecule has 0 aliphatic rings. The number of pyridine rings is 1. The SMILES string of the molecule is CCC(C)N(C)c1ccnc(C(=N)N)c1. The molecule has 0 radical (unpaired) electrons. The second-order valence-electron chi connectivity index (χ2n) is 3.68. The first-order valence-corrected chi connectivity index (χ1v) is 5.09. The molecule has 1 aromatic rings. The molecule has 0 spiro atoms. The van der Waals surface area contributed by atoms with Crippen LogP contribution in [0.25, 0.3) is 0 Å². The van der Waals surface area contributed by atoms with Crippen LogP contribution in [0.3, 0.4) is 0 Å². The Labute approximate surface area is 90.6 Å². The maximum Gasteiger partial charge on any atom is 0.141 e. The van der Waals surface area contributed by atoms with Gasteiger partial charge < -0.3 is 10.6 Å². The number of hydrogen-bond donors (Lipinski definition) is 2. The van der Waals surface area contributed by atoms with E-state index in [-0.39, 0.29) is 5.84 Å². The summed E-state index contributed by atoms with van der Waals surface area (Å²) in [6.07, 6.45) is 2.76. The largest absolute Gasteiger partial charge is 0.382 e. The van der Waals surface area contributed by atoms with E-state index in [1.807, 2.05) is 19.2 Å². The first kappa shape index (κ1) is 11.5. The number of anilines is 1. The van der Waals surface area contributed by atoms with Gasteiger partial charge in [0.05, 0.1) is 0 Å². The van der Waals surface area contributed by atoms with Crippen LogP contribution < -0.4 is 10.6 Å². The van der Waals surface area contributed by atoms with E-state index in [1.165, 1.54) is 0 Å². The van der Waals surface area contributed by atoms with E-state index in [4.69, 9.17) is 11.1 Å². The Morgan fingerprint density at radius 2 is 2.33 bits per heavy atom. The fraction of sp³-hybridized carbons (Fsp3) is 0.455. The van der Waals surface area contributed by atoms with Crippen LogP contribution in [0, 0.1) is 5.41 Å². The van der Waals surface area contributed by atoms with Crippen LogP contribution in [-0.4, -0.2) is 23.9 Å². The van der Waals surface area contributed by atoms with Gasteiger partial charge in [0, 0.05) is 25.0 Å². The Bertz CT molecular complexity index is 348. The molecule has 1 aromatic heterocycles. The first-order valence-electron chi connectivity index (χ1n) is 5.09. The van der Waals surface area contributed by atoms with Gasteiger partial charge in [-0.05, 0) is 25.5 Å². The maximum absolute atomic E-state index is 7.32. The standard InChI is InChI=1S/C11H18N4/c1-4-8(2)15(3)9-5-6-14-10(7-9)11(12)13/h5-8H,4H2,1-3H3,(H3,12,13). The van der Waals surface area contributed by atoms with Crippen molar-refractivity contribution in [3.8, 4) is 0 Å². The molecular weight excluding hydrogens is 188 g/mol. The van der Waals surface area contributed by atoms with Crippen LogP contribution >= 0.6 is 0 Å². The topological polar surface area (TPSA) is 66.0 Å². The second-order valence-corrected chi connectivity index (χ2v) is 3.68. The van der Waals surface area contributed by atoms with Crippen molar-refractivity contribution in [3.05, 3.63) is 24.0 Å². The number of amidine groups is 1. The molecule has 0 fully saturated rings. The predicted octanol–water partition coefficient (Wildman–Crippen LogP) is 1.60. The van der Waals surface area contributed by atoms with Crippen molar-refractivity contribution in [2.24, 2.45) is 5.73 Å². The van der Waals surface area contributed by atoms with Gasteiger partial charge in [0.2, 0.25) is 0 Å². The van der Waals surface area contributed by atoms with Crippen molar-refractivity contribution < 1.29 is 0 Å². The summed E-state index contributed by atoms with van der Waals surface area (Å²) in [6, 6.07) is 4.24. The van der Waals surface area contributed by atoms with E-state index in [2.05, 4.69) is 23.7 Å². The van der Waals surface area contributed by atoms with Gasteiger partial charge in [0.15, 0.2) is 0 Å². The zero-order valence-electron chi connectivity index (χ0n) is 9.49. The van der Waals surface area contributed by atoms with E-state index in [0.717, 1.165) is 12.1 Å². The van der Waals surface area contributed by atoms with E-state index in [9.17, 15) is 0 Å². The van der Waals surface area contributed by atoms with Crippen LogP contribution in [0.5, 0.6) is 0 Å². The van der Waals surface area contributed by atoms with Crippen LogP contribution in [0.2, 0.25) is 0 Å². The zero-order valence-corrected chi connectivity index (χ0v) is 9.49. The predicted molar refractivity (Wildman–Crippen MR) is 63.4 cm³/mol. The number of nitrogens with one attached hydrogen (secondary N) is 1. The highest BCUT2D eigenvalue weighted by atomic mass is 15.1. The molecule has 82 valence electrons. The number of rotatable bonds is 4. The third-order valence-electron chi connectivity index (χ3n) is 2.68. The zero-order chi connectivity index (χ0) is 11.4. The molecule has 4 nitrogen and oxygen atoms in total. The van der Waals surface area contributed by atoms with Gasteiger partial charge in [-0.3, -0.25) is 10.4 Å². The fourth-order valence-electron chi connectivity index (χ4n) is 1.31. The van der Waals surface area contributed by atoms with Crippen LogP contribution in [-0.2, 0) is 0 Å². The molecule has 4 heteroatoms.